The molecule has 1 saturated heterocycles. The molecule has 3 N–H and O–H groups in total. The van der Waals surface area contributed by atoms with Gasteiger partial charge in [0, 0.05) is 42.4 Å². The van der Waals surface area contributed by atoms with Crippen molar-refractivity contribution < 1.29 is 14.6 Å². The molecule has 4 aromatic rings. The highest BCUT2D eigenvalue weighted by molar-refractivity contribution is 5.89. The summed E-state index contributed by atoms with van der Waals surface area (Å²) >= 11 is 0. The van der Waals surface area contributed by atoms with Gasteiger partial charge in [-0.3, -0.25) is 9.67 Å². The summed E-state index contributed by atoms with van der Waals surface area (Å²) in [5, 5.41) is 28.4. The van der Waals surface area contributed by atoms with Crippen LogP contribution < -0.4 is 5.32 Å². The third-order valence-electron chi connectivity index (χ3n) is 5.50. The quantitative estimate of drug-likeness (QED) is 0.484. The van der Waals surface area contributed by atoms with Crippen LogP contribution in [0.15, 0.2) is 36.5 Å². The molecule has 1 aliphatic heterocycles. The van der Waals surface area contributed by atoms with Crippen molar-refractivity contribution in [1.82, 2.24) is 25.1 Å². The van der Waals surface area contributed by atoms with Gasteiger partial charge in [0.25, 0.3) is 0 Å². The molecule has 0 bridgehead atoms. The minimum absolute atomic E-state index is 0.00791. The van der Waals surface area contributed by atoms with Gasteiger partial charge >= 0.3 is 0 Å². The number of β-amino-alcohol motifs (C(OH)–C–C–N with tert-alkyl or cyclic N) is 1. The summed E-state index contributed by atoms with van der Waals surface area (Å²) in [4.78, 5) is 9.25. The summed E-state index contributed by atoms with van der Waals surface area (Å²) in [5.74, 6) is -1.23. The molecule has 0 amide bonds. The van der Waals surface area contributed by atoms with Crippen LogP contribution in [0.1, 0.15) is 18.0 Å². The van der Waals surface area contributed by atoms with Gasteiger partial charge in [0.15, 0.2) is 11.6 Å². The Labute approximate surface area is 165 Å². The minimum atomic E-state index is -0.756. The number of phenolic OH excluding ortho intramolecular Hbond substituents is 1. The van der Waals surface area contributed by atoms with E-state index in [-0.39, 0.29) is 11.4 Å². The number of nitrogens with one attached hydrogen (secondary N) is 1. The van der Waals surface area contributed by atoms with Gasteiger partial charge in [0.1, 0.15) is 5.52 Å². The van der Waals surface area contributed by atoms with Gasteiger partial charge in [-0.05, 0) is 43.3 Å². The van der Waals surface area contributed by atoms with E-state index >= 15 is 0 Å². The normalized spacial score (nSPS) is 19.8. The van der Waals surface area contributed by atoms with Crippen LogP contribution in [0.4, 0.5) is 4.39 Å². The smallest absolute Gasteiger partial charge is 0.193 e. The summed E-state index contributed by atoms with van der Waals surface area (Å²) in [7, 11) is 1.70. The summed E-state index contributed by atoms with van der Waals surface area (Å²) in [6, 6.07) is 8.94. The molecule has 1 aromatic carbocycles. The van der Waals surface area contributed by atoms with Crippen LogP contribution in [0.5, 0.6) is 5.75 Å². The van der Waals surface area contributed by atoms with E-state index in [9.17, 15) is 14.6 Å². The average Bonchev–Trinajstić information content (AvgIpc) is 3.11. The highest BCUT2D eigenvalue weighted by atomic mass is 19.1. The molecule has 1 fully saturated rings. The van der Waals surface area contributed by atoms with Gasteiger partial charge < -0.3 is 15.5 Å². The fourth-order valence-corrected chi connectivity index (χ4v) is 4.00. The summed E-state index contributed by atoms with van der Waals surface area (Å²) in [6.45, 7) is 1.41. The first kappa shape index (κ1) is 18.0. The number of halogens is 1. The maximum absolute atomic E-state index is 14.6. The predicted octanol–water partition coefficient (Wildman–Crippen LogP) is 2.47. The average molecular weight is 393 g/mol. The zero-order valence-corrected chi connectivity index (χ0v) is 15.8. The first-order chi connectivity index (χ1) is 14.0. The van der Waals surface area contributed by atoms with Crippen molar-refractivity contribution in [3.63, 3.8) is 0 Å². The van der Waals surface area contributed by atoms with Crippen molar-refractivity contribution in [3.8, 4) is 17.0 Å². The van der Waals surface area contributed by atoms with Gasteiger partial charge in [-0.25, -0.2) is 9.37 Å². The zero-order chi connectivity index (χ0) is 20.1. The van der Waals surface area contributed by atoms with Crippen LogP contribution in [-0.4, -0.2) is 49.2 Å². The molecule has 0 spiro atoms. The molecule has 148 valence electrons. The van der Waals surface area contributed by atoms with Gasteiger partial charge in [-0.2, -0.15) is 5.10 Å². The van der Waals surface area contributed by atoms with Gasteiger partial charge in [-0.1, -0.05) is 0 Å². The number of aliphatic hydroxyl groups is 1. The van der Waals surface area contributed by atoms with E-state index in [1.807, 2.05) is 12.1 Å². The molecule has 0 unspecified atom stereocenters. The Morgan fingerprint density at radius 1 is 1.17 bits per heavy atom. The van der Waals surface area contributed by atoms with Crippen molar-refractivity contribution in [2.24, 2.45) is 7.05 Å². The monoisotopic (exact) mass is 393 g/mol. The second-order valence-electron chi connectivity index (χ2n) is 7.46. The number of nitrogens with zero attached hydrogens (tertiary/aromatic N) is 4. The van der Waals surface area contributed by atoms with Crippen LogP contribution in [-0.2, 0) is 7.05 Å². The molecule has 0 saturated carbocycles. The zero-order valence-electron chi connectivity index (χ0n) is 15.8. The molecule has 29 heavy (non-hydrogen) atoms. The number of hydrogen-bond acceptors (Lipinski definition) is 6. The standard InChI is InChI=1S/C21H20FN5O2/c1-27-10-11-8-13(21(29)19(22)20(11)26-27)15-3-5-16-17(25-15)4-2-14(24-16)12-6-7-23-9-18(12)28/h2-5,8,10,12,18,23,28-29H,6-7,9H2,1H3/t12-,18+/m0/s1. The van der Waals surface area contributed by atoms with Crippen molar-refractivity contribution in [1.29, 1.82) is 0 Å². The summed E-state index contributed by atoms with van der Waals surface area (Å²) in [6.07, 6.45) is 2.05. The lowest BCUT2D eigenvalue weighted by molar-refractivity contribution is 0.117. The number of benzene rings is 1. The summed E-state index contributed by atoms with van der Waals surface area (Å²) in [5.41, 5.74) is 3.06. The van der Waals surface area contributed by atoms with Crippen LogP contribution in [0.3, 0.4) is 0 Å². The fourth-order valence-electron chi connectivity index (χ4n) is 4.00. The largest absolute Gasteiger partial charge is 0.504 e. The maximum Gasteiger partial charge on any atom is 0.193 e. The summed E-state index contributed by atoms with van der Waals surface area (Å²) < 4.78 is 16.1. The van der Waals surface area contributed by atoms with Crippen molar-refractivity contribution in [2.75, 3.05) is 13.1 Å². The molecular weight excluding hydrogens is 373 g/mol. The number of aromatic nitrogens is 4. The van der Waals surface area contributed by atoms with E-state index < -0.39 is 17.7 Å². The van der Waals surface area contributed by atoms with Crippen LogP contribution >= 0.6 is 0 Å². The molecule has 1 aliphatic rings. The molecule has 2 atom stereocenters. The molecule has 8 heteroatoms. The van der Waals surface area contributed by atoms with Crippen LogP contribution in [0.25, 0.3) is 33.2 Å². The number of pyridine rings is 2. The Morgan fingerprint density at radius 3 is 2.79 bits per heavy atom. The number of aliphatic hydroxyl groups excluding tert-OH is 1. The SMILES string of the molecule is Cn1cc2cc(-c3ccc4nc([C@@H]5CCNC[C@H]5O)ccc4n3)c(O)c(F)c2n1. The Kier molecular flexibility index (Phi) is 4.18. The molecule has 7 nitrogen and oxygen atoms in total. The van der Waals surface area contributed by atoms with Crippen LogP contribution in [0, 0.1) is 5.82 Å². The maximum atomic E-state index is 14.6. The third kappa shape index (κ3) is 3.01. The number of hydrogen-bond donors (Lipinski definition) is 3. The predicted molar refractivity (Wildman–Crippen MR) is 107 cm³/mol. The molecule has 4 heterocycles. The Hall–Kier alpha value is -3.10. The van der Waals surface area contributed by atoms with Gasteiger partial charge in [0.05, 0.1) is 22.8 Å². The number of fused-ring (bicyclic) bond motifs is 2. The van der Waals surface area contributed by atoms with E-state index in [2.05, 4.69) is 20.4 Å². The van der Waals surface area contributed by atoms with Gasteiger partial charge in [-0.15, -0.1) is 0 Å². The molecule has 3 aromatic heterocycles. The van der Waals surface area contributed by atoms with Crippen molar-refractivity contribution in [2.45, 2.75) is 18.4 Å². The number of rotatable bonds is 2. The first-order valence-corrected chi connectivity index (χ1v) is 9.53. The lowest BCUT2D eigenvalue weighted by Gasteiger charge is -2.27. The molecular formula is C21H20FN5O2. The van der Waals surface area contributed by atoms with Crippen molar-refractivity contribution in [3.05, 3.63) is 48.0 Å². The van der Waals surface area contributed by atoms with E-state index in [0.717, 1.165) is 18.7 Å². The topological polar surface area (TPSA) is 96.1 Å². The molecule has 0 radical (unpaired) electrons. The number of aromatic hydroxyl groups is 1. The third-order valence-corrected chi connectivity index (χ3v) is 5.50. The number of aryl methyl sites for hydroxylation is 1. The molecule has 5 rings (SSSR count). The van der Waals surface area contributed by atoms with E-state index in [1.54, 1.807) is 31.4 Å². The van der Waals surface area contributed by atoms with E-state index in [4.69, 9.17) is 0 Å². The Balaban J connectivity index is 1.58. The van der Waals surface area contributed by atoms with Crippen LogP contribution in [0.2, 0.25) is 0 Å². The second kappa shape index (κ2) is 6.75. The Morgan fingerprint density at radius 2 is 1.97 bits per heavy atom. The van der Waals surface area contributed by atoms with E-state index in [0.29, 0.717) is 34.2 Å². The lowest BCUT2D eigenvalue weighted by atomic mass is 9.91. The van der Waals surface area contributed by atoms with Crippen molar-refractivity contribution >= 4 is 21.9 Å². The highest BCUT2D eigenvalue weighted by Crippen LogP contribution is 2.36. The first-order valence-electron chi connectivity index (χ1n) is 9.53. The lowest BCUT2D eigenvalue weighted by Crippen LogP contribution is -2.39. The fraction of sp³-hybridized carbons (Fsp3) is 0.286. The minimum Gasteiger partial charge on any atom is -0.504 e. The number of phenols is 1. The number of piperidine rings is 1. The second-order valence-corrected chi connectivity index (χ2v) is 7.46. The highest BCUT2D eigenvalue weighted by Gasteiger charge is 2.26. The molecule has 0 aliphatic carbocycles. The van der Waals surface area contributed by atoms with E-state index in [1.165, 1.54) is 4.68 Å². The van der Waals surface area contributed by atoms with Gasteiger partial charge in [0.2, 0.25) is 0 Å². The Bertz CT molecular complexity index is 1240.